The number of carbonyl (C=O) groups excluding carboxylic acids is 1. The summed E-state index contributed by atoms with van der Waals surface area (Å²) in [5, 5.41) is 6.02. The van der Waals surface area contributed by atoms with Crippen molar-refractivity contribution in [2.45, 2.75) is 46.3 Å². The number of nitrogens with one attached hydrogen (secondary N) is 2. The zero-order chi connectivity index (χ0) is 15.8. The number of amides is 1. The number of ether oxygens (including phenoxy) is 1. The highest BCUT2D eigenvalue weighted by molar-refractivity contribution is 9.10. The van der Waals surface area contributed by atoms with Gasteiger partial charge in [-0.2, -0.15) is 0 Å². The van der Waals surface area contributed by atoms with Gasteiger partial charge in [-0.15, -0.1) is 0 Å². The minimum absolute atomic E-state index is 0.0684. The van der Waals surface area contributed by atoms with Crippen molar-refractivity contribution in [3.05, 3.63) is 27.7 Å². The summed E-state index contributed by atoms with van der Waals surface area (Å²) < 4.78 is 6.92. The molecular formula is C16H25BrN2O2. The second-order valence-corrected chi connectivity index (χ2v) is 6.06. The summed E-state index contributed by atoms with van der Waals surface area (Å²) in [6.07, 6.45) is 1.55. The molecule has 1 aromatic rings. The standard InChI is InChI=1S/C16H25BrN2O2/c1-5-6-7-19-16(20)12(3)21-15-11(2)8-14(17)9-13(15)10-18-4/h8-9,12,18H,5-7,10H2,1-4H3,(H,19,20). The van der Waals surface area contributed by atoms with Gasteiger partial charge < -0.3 is 15.4 Å². The van der Waals surface area contributed by atoms with Gasteiger partial charge in [0.15, 0.2) is 6.10 Å². The van der Waals surface area contributed by atoms with Crippen LogP contribution in [0.4, 0.5) is 0 Å². The summed E-state index contributed by atoms with van der Waals surface area (Å²) in [5.41, 5.74) is 2.06. The largest absolute Gasteiger partial charge is 0.480 e. The van der Waals surface area contributed by atoms with Crippen LogP contribution in [-0.2, 0) is 11.3 Å². The normalized spacial score (nSPS) is 12.0. The second-order valence-electron chi connectivity index (χ2n) is 5.15. The van der Waals surface area contributed by atoms with Gasteiger partial charge in [-0.05, 0) is 45.0 Å². The summed E-state index contributed by atoms with van der Waals surface area (Å²) in [6.45, 7) is 7.26. The number of hydrogen-bond donors (Lipinski definition) is 2. The number of benzene rings is 1. The van der Waals surface area contributed by atoms with E-state index in [0.717, 1.165) is 34.2 Å². The van der Waals surface area contributed by atoms with Gasteiger partial charge in [0.05, 0.1) is 0 Å². The van der Waals surface area contributed by atoms with Crippen LogP contribution in [0.2, 0.25) is 0 Å². The predicted octanol–water partition coefficient (Wildman–Crippen LogP) is 3.16. The molecule has 1 aromatic carbocycles. The number of rotatable bonds is 8. The van der Waals surface area contributed by atoms with Crippen LogP contribution in [-0.4, -0.2) is 25.6 Å². The fourth-order valence-corrected chi connectivity index (χ4v) is 2.67. The fraction of sp³-hybridized carbons (Fsp3) is 0.562. The molecule has 0 aliphatic heterocycles. The first-order chi connectivity index (χ1) is 9.99. The van der Waals surface area contributed by atoms with Gasteiger partial charge >= 0.3 is 0 Å². The first-order valence-electron chi connectivity index (χ1n) is 7.37. The van der Waals surface area contributed by atoms with Crippen LogP contribution < -0.4 is 15.4 Å². The number of hydrogen-bond acceptors (Lipinski definition) is 3. The van der Waals surface area contributed by atoms with Crippen LogP contribution in [0.15, 0.2) is 16.6 Å². The van der Waals surface area contributed by atoms with Crippen molar-refractivity contribution < 1.29 is 9.53 Å². The highest BCUT2D eigenvalue weighted by atomic mass is 79.9. The lowest BCUT2D eigenvalue weighted by atomic mass is 10.1. The van der Waals surface area contributed by atoms with Gasteiger partial charge in [-0.1, -0.05) is 29.3 Å². The molecule has 0 aliphatic carbocycles. The average Bonchev–Trinajstić information content (AvgIpc) is 2.42. The van der Waals surface area contributed by atoms with E-state index in [0.29, 0.717) is 13.1 Å². The van der Waals surface area contributed by atoms with E-state index in [-0.39, 0.29) is 5.91 Å². The molecule has 1 atom stereocenters. The first-order valence-corrected chi connectivity index (χ1v) is 8.16. The average molecular weight is 357 g/mol. The number of carbonyl (C=O) groups is 1. The molecule has 0 aromatic heterocycles. The molecular weight excluding hydrogens is 332 g/mol. The zero-order valence-electron chi connectivity index (χ0n) is 13.3. The highest BCUT2D eigenvalue weighted by Crippen LogP contribution is 2.29. The Morgan fingerprint density at radius 3 is 2.76 bits per heavy atom. The number of unbranched alkanes of at least 4 members (excludes halogenated alkanes) is 1. The summed E-state index contributed by atoms with van der Waals surface area (Å²) in [4.78, 5) is 12.0. The molecule has 0 bridgehead atoms. The van der Waals surface area contributed by atoms with Gasteiger partial charge in [0.1, 0.15) is 5.75 Å². The van der Waals surface area contributed by atoms with Crippen molar-refractivity contribution in [1.29, 1.82) is 0 Å². The van der Waals surface area contributed by atoms with E-state index in [9.17, 15) is 4.79 Å². The van der Waals surface area contributed by atoms with E-state index in [4.69, 9.17) is 4.74 Å². The van der Waals surface area contributed by atoms with Gasteiger partial charge in [0.25, 0.3) is 5.91 Å². The molecule has 1 unspecified atom stereocenters. The quantitative estimate of drug-likeness (QED) is 0.703. The Hall–Kier alpha value is -1.07. The number of halogens is 1. The molecule has 5 heteroatoms. The van der Waals surface area contributed by atoms with E-state index in [2.05, 4.69) is 33.5 Å². The SMILES string of the molecule is CCCCNC(=O)C(C)Oc1c(C)cc(Br)cc1CNC. The van der Waals surface area contributed by atoms with Crippen LogP contribution in [0.25, 0.3) is 0 Å². The van der Waals surface area contributed by atoms with Crippen LogP contribution in [0.5, 0.6) is 5.75 Å². The summed E-state index contributed by atoms with van der Waals surface area (Å²) >= 11 is 3.49. The molecule has 0 radical (unpaired) electrons. The lowest BCUT2D eigenvalue weighted by molar-refractivity contribution is -0.127. The molecule has 21 heavy (non-hydrogen) atoms. The Bertz CT molecular complexity index is 478. The van der Waals surface area contributed by atoms with Crippen LogP contribution in [0, 0.1) is 6.92 Å². The van der Waals surface area contributed by atoms with Gasteiger partial charge in [-0.25, -0.2) is 0 Å². The van der Waals surface area contributed by atoms with Gasteiger partial charge in [0.2, 0.25) is 0 Å². The maximum Gasteiger partial charge on any atom is 0.260 e. The van der Waals surface area contributed by atoms with Crippen LogP contribution >= 0.6 is 15.9 Å². The molecule has 0 heterocycles. The molecule has 4 nitrogen and oxygen atoms in total. The molecule has 0 aliphatic rings. The first kappa shape index (κ1) is 18.0. The topological polar surface area (TPSA) is 50.4 Å². The third kappa shape index (κ3) is 5.67. The molecule has 1 amide bonds. The second kappa shape index (κ2) is 9.05. The van der Waals surface area contributed by atoms with Gasteiger partial charge in [-0.3, -0.25) is 4.79 Å². The lowest BCUT2D eigenvalue weighted by Gasteiger charge is -2.19. The number of aryl methyl sites for hydroxylation is 1. The van der Waals surface area contributed by atoms with Crippen molar-refractivity contribution in [1.82, 2.24) is 10.6 Å². The fourth-order valence-electron chi connectivity index (χ4n) is 2.05. The van der Waals surface area contributed by atoms with Crippen molar-refractivity contribution in [3.63, 3.8) is 0 Å². The summed E-state index contributed by atoms with van der Waals surface area (Å²) in [6, 6.07) is 4.01. The van der Waals surface area contributed by atoms with E-state index < -0.39 is 6.10 Å². The van der Waals surface area contributed by atoms with E-state index in [1.807, 2.05) is 26.1 Å². The Morgan fingerprint density at radius 2 is 2.14 bits per heavy atom. The molecule has 1 rings (SSSR count). The monoisotopic (exact) mass is 356 g/mol. The predicted molar refractivity (Wildman–Crippen MR) is 89.7 cm³/mol. The molecule has 0 saturated heterocycles. The highest BCUT2D eigenvalue weighted by Gasteiger charge is 2.17. The van der Waals surface area contributed by atoms with Crippen LogP contribution in [0.3, 0.4) is 0 Å². The van der Waals surface area contributed by atoms with E-state index in [1.54, 1.807) is 6.92 Å². The molecule has 0 spiro atoms. The van der Waals surface area contributed by atoms with E-state index >= 15 is 0 Å². The van der Waals surface area contributed by atoms with E-state index in [1.165, 1.54) is 0 Å². The maximum atomic E-state index is 12.0. The Morgan fingerprint density at radius 1 is 1.43 bits per heavy atom. The third-order valence-electron chi connectivity index (χ3n) is 3.18. The summed E-state index contributed by atoms with van der Waals surface area (Å²) in [5.74, 6) is 0.715. The molecule has 0 saturated carbocycles. The van der Waals surface area contributed by atoms with Crippen LogP contribution in [0.1, 0.15) is 37.8 Å². The van der Waals surface area contributed by atoms with Gasteiger partial charge in [0, 0.05) is 23.1 Å². The smallest absolute Gasteiger partial charge is 0.260 e. The molecule has 0 fully saturated rings. The third-order valence-corrected chi connectivity index (χ3v) is 3.63. The van der Waals surface area contributed by atoms with Crippen molar-refractivity contribution in [2.75, 3.05) is 13.6 Å². The minimum Gasteiger partial charge on any atom is -0.480 e. The molecule has 118 valence electrons. The summed E-state index contributed by atoms with van der Waals surface area (Å²) in [7, 11) is 1.89. The van der Waals surface area contributed by atoms with Crippen molar-refractivity contribution >= 4 is 21.8 Å². The lowest BCUT2D eigenvalue weighted by Crippen LogP contribution is -2.37. The van der Waals surface area contributed by atoms with Crippen molar-refractivity contribution in [3.8, 4) is 5.75 Å². The molecule has 2 N–H and O–H groups in total. The Labute approximate surface area is 135 Å². The zero-order valence-corrected chi connectivity index (χ0v) is 14.8. The van der Waals surface area contributed by atoms with Crippen molar-refractivity contribution in [2.24, 2.45) is 0 Å². The maximum absolute atomic E-state index is 12.0. The minimum atomic E-state index is -0.502. The Kier molecular flexibility index (Phi) is 7.75. The Balaban J connectivity index is 2.79.